The first-order valence-corrected chi connectivity index (χ1v) is 25.9. The molecule has 2 rings (SSSR count). The zero-order valence-electron chi connectivity index (χ0n) is 31.3. The summed E-state index contributed by atoms with van der Waals surface area (Å²) in [7, 11) is -3.00. The van der Waals surface area contributed by atoms with Gasteiger partial charge < -0.3 is 34.3 Å². The van der Waals surface area contributed by atoms with E-state index in [2.05, 4.69) is 44.6 Å². The van der Waals surface area contributed by atoms with Gasteiger partial charge in [0.25, 0.3) is 0 Å². The first-order chi connectivity index (χ1) is 22.8. The maximum Gasteiger partial charge on any atom is 0.404 e. The van der Waals surface area contributed by atoms with E-state index in [4.69, 9.17) is 18.9 Å². The van der Waals surface area contributed by atoms with Crippen molar-refractivity contribution in [3.63, 3.8) is 0 Å². The lowest BCUT2D eigenvalue weighted by atomic mass is 10.0. The molecular weight excluding hydrogens is 679 g/mol. The molecule has 0 saturated heterocycles. The molecule has 0 saturated carbocycles. The first kappa shape index (κ1) is 42.7. The summed E-state index contributed by atoms with van der Waals surface area (Å²) in [5, 5.41) is 12.4. The summed E-state index contributed by atoms with van der Waals surface area (Å²) in [4.78, 5) is 13.9. The highest BCUT2D eigenvalue weighted by Gasteiger charge is 2.34. The third-order valence-electron chi connectivity index (χ3n) is 7.71. The molecule has 0 fully saturated rings. The molecule has 14 heteroatoms. The summed E-state index contributed by atoms with van der Waals surface area (Å²) in [6.07, 6.45) is -1.76. The van der Waals surface area contributed by atoms with Crippen LogP contribution in [0.1, 0.15) is 19.4 Å². The van der Waals surface area contributed by atoms with Crippen molar-refractivity contribution in [3.05, 3.63) is 54.1 Å². The molecule has 2 aromatic carbocycles. The van der Waals surface area contributed by atoms with Crippen LogP contribution in [0.25, 0.3) is 0 Å². The number of hydrogen-bond acceptors (Lipinski definition) is 8. The van der Waals surface area contributed by atoms with Gasteiger partial charge in [-0.2, -0.15) is 4.31 Å². The van der Waals surface area contributed by atoms with E-state index >= 15 is 0 Å². The standard InChI is InChI=1S/C35H61N3O8SSi2/c1-28(2)24-38(47(41,42)30-16-17-33(32(23-30)37(3)4)45-26-43-18-20-48(5,6)7)25-34(46-27-44-19-21-49(8,9)10)31(36-35(39)40)22-29-14-12-11-13-15-29/h11-17,23,28,31,34,36H,18-22,24-27H2,1-10H3,(H,39,40)/t31-,34+/m0/s1. The second-order valence-electron chi connectivity index (χ2n) is 15.5. The molecule has 278 valence electrons. The Hall–Kier alpha value is -2.47. The summed E-state index contributed by atoms with van der Waals surface area (Å²) in [6.45, 7) is 18.7. The highest BCUT2D eigenvalue weighted by molar-refractivity contribution is 7.89. The van der Waals surface area contributed by atoms with Crippen LogP contribution in [-0.4, -0.2) is 106 Å². The second-order valence-corrected chi connectivity index (χ2v) is 28.7. The maximum absolute atomic E-state index is 14.4. The number of amides is 1. The number of nitrogens with one attached hydrogen (secondary N) is 1. The van der Waals surface area contributed by atoms with E-state index in [-0.39, 0.29) is 37.5 Å². The Morgan fingerprint density at radius 3 is 2.00 bits per heavy atom. The van der Waals surface area contributed by atoms with E-state index in [9.17, 15) is 18.3 Å². The van der Waals surface area contributed by atoms with Crippen LogP contribution in [0.3, 0.4) is 0 Å². The lowest BCUT2D eigenvalue weighted by Crippen LogP contribution is -2.52. The van der Waals surface area contributed by atoms with Gasteiger partial charge in [-0.25, -0.2) is 13.2 Å². The second kappa shape index (κ2) is 19.8. The molecule has 11 nitrogen and oxygen atoms in total. The normalized spacial score (nSPS) is 13.8. The van der Waals surface area contributed by atoms with Crippen LogP contribution in [0.2, 0.25) is 51.4 Å². The summed E-state index contributed by atoms with van der Waals surface area (Å²) >= 11 is 0. The molecule has 0 aromatic heterocycles. The van der Waals surface area contributed by atoms with Crippen molar-refractivity contribution in [2.45, 2.75) is 88.7 Å². The molecule has 2 aromatic rings. The minimum atomic E-state index is -4.06. The SMILES string of the molecule is CC(C)CN(C[C@@H](OCOCC[Si](C)(C)C)[C@H](Cc1ccccc1)NC(=O)O)S(=O)(=O)c1ccc(OCOCC[Si](C)(C)C)c(N(C)C)c1. The van der Waals surface area contributed by atoms with Crippen LogP contribution >= 0.6 is 0 Å². The van der Waals surface area contributed by atoms with Crippen molar-refractivity contribution in [1.29, 1.82) is 0 Å². The van der Waals surface area contributed by atoms with Crippen molar-refractivity contribution in [1.82, 2.24) is 9.62 Å². The summed E-state index contributed by atoms with van der Waals surface area (Å²) in [5.74, 6) is 0.491. The van der Waals surface area contributed by atoms with Crippen LogP contribution in [0.15, 0.2) is 53.4 Å². The van der Waals surface area contributed by atoms with Crippen LogP contribution in [-0.2, 0) is 30.7 Å². The highest BCUT2D eigenvalue weighted by atomic mass is 32.2. The number of carboxylic acid groups (broad SMARTS) is 1. The van der Waals surface area contributed by atoms with Crippen molar-refractivity contribution >= 4 is 38.0 Å². The molecule has 2 N–H and O–H groups in total. The fourth-order valence-electron chi connectivity index (χ4n) is 4.87. The monoisotopic (exact) mass is 739 g/mol. The average Bonchev–Trinajstić information content (AvgIpc) is 2.98. The molecular formula is C35H61N3O8SSi2. The van der Waals surface area contributed by atoms with E-state index < -0.39 is 44.4 Å². The number of anilines is 1. The van der Waals surface area contributed by atoms with Crippen LogP contribution < -0.4 is 15.0 Å². The van der Waals surface area contributed by atoms with Gasteiger partial charge in [0.05, 0.1) is 22.7 Å². The minimum absolute atomic E-state index is 0.0207. The molecule has 0 aliphatic carbocycles. The number of ether oxygens (including phenoxy) is 4. The van der Waals surface area contributed by atoms with Gasteiger partial charge in [-0.15, -0.1) is 0 Å². The summed E-state index contributed by atoms with van der Waals surface area (Å²) in [6, 6.07) is 15.5. The fourth-order valence-corrected chi connectivity index (χ4v) is 8.02. The number of nitrogens with zero attached hydrogens (tertiary/aromatic N) is 2. The number of benzene rings is 2. The summed E-state index contributed by atoms with van der Waals surface area (Å²) < 4.78 is 53.9. The Morgan fingerprint density at radius 1 is 0.878 bits per heavy atom. The number of carbonyl (C=O) groups is 1. The molecule has 2 atom stereocenters. The first-order valence-electron chi connectivity index (χ1n) is 17.0. The fraction of sp³-hybridized carbons (Fsp3) is 0.629. The smallest absolute Gasteiger partial charge is 0.404 e. The lowest BCUT2D eigenvalue weighted by Gasteiger charge is -2.33. The largest absolute Gasteiger partial charge is 0.465 e. The lowest BCUT2D eigenvalue weighted by molar-refractivity contribution is -0.0993. The van der Waals surface area contributed by atoms with Crippen molar-refractivity contribution in [3.8, 4) is 5.75 Å². The molecule has 0 bridgehead atoms. The average molecular weight is 740 g/mol. The van der Waals surface area contributed by atoms with Crippen LogP contribution in [0.5, 0.6) is 5.75 Å². The zero-order valence-corrected chi connectivity index (χ0v) is 34.1. The topological polar surface area (TPSA) is 127 Å². The van der Waals surface area contributed by atoms with Gasteiger partial charge in [-0.05, 0) is 48.2 Å². The number of rotatable bonds is 23. The quantitative estimate of drug-likeness (QED) is 0.0731. The van der Waals surface area contributed by atoms with E-state index in [0.717, 1.165) is 17.7 Å². The van der Waals surface area contributed by atoms with Gasteiger partial charge in [-0.1, -0.05) is 83.5 Å². The van der Waals surface area contributed by atoms with Gasteiger partial charge in [0.1, 0.15) is 12.5 Å². The van der Waals surface area contributed by atoms with Crippen LogP contribution in [0, 0.1) is 5.92 Å². The van der Waals surface area contributed by atoms with E-state index in [0.29, 0.717) is 31.1 Å². The zero-order chi connectivity index (χ0) is 36.8. The molecule has 0 unspecified atom stereocenters. The van der Waals surface area contributed by atoms with Crippen LogP contribution in [0.4, 0.5) is 10.5 Å². The molecule has 0 spiro atoms. The summed E-state index contributed by atoms with van der Waals surface area (Å²) in [5.41, 5.74) is 1.49. The van der Waals surface area contributed by atoms with Gasteiger partial charge in [0.15, 0.2) is 6.79 Å². The molecule has 49 heavy (non-hydrogen) atoms. The van der Waals surface area contributed by atoms with Crippen molar-refractivity contribution in [2.24, 2.45) is 5.92 Å². The molecule has 0 radical (unpaired) electrons. The molecule has 0 aliphatic rings. The molecule has 0 heterocycles. The third-order valence-corrected chi connectivity index (χ3v) is 13.0. The highest BCUT2D eigenvalue weighted by Crippen LogP contribution is 2.32. The van der Waals surface area contributed by atoms with Gasteiger partial charge in [0.2, 0.25) is 10.0 Å². The Labute approximate surface area is 297 Å². The number of hydrogen-bond donors (Lipinski definition) is 2. The van der Waals surface area contributed by atoms with Crippen molar-refractivity contribution in [2.75, 3.05) is 58.9 Å². The minimum Gasteiger partial charge on any atom is -0.465 e. The third kappa shape index (κ3) is 16.4. The predicted molar refractivity (Wildman–Crippen MR) is 203 cm³/mol. The Morgan fingerprint density at radius 2 is 1.47 bits per heavy atom. The van der Waals surface area contributed by atoms with E-state index in [1.165, 1.54) is 4.31 Å². The Bertz CT molecular complexity index is 1380. The van der Waals surface area contributed by atoms with Gasteiger partial charge in [-0.3, -0.25) is 0 Å². The van der Waals surface area contributed by atoms with Gasteiger partial charge in [0, 0.05) is 56.5 Å². The Kier molecular flexibility index (Phi) is 17.3. The Balaban J connectivity index is 2.41. The maximum atomic E-state index is 14.4. The van der Waals surface area contributed by atoms with Gasteiger partial charge >= 0.3 is 6.09 Å². The molecule has 0 aliphatic heterocycles. The van der Waals surface area contributed by atoms with E-state index in [1.807, 2.05) is 58.3 Å². The number of sulfonamides is 1. The predicted octanol–water partition coefficient (Wildman–Crippen LogP) is 6.67. The molecule has 1 amide bonds. The van der Waals surface area contributed by atoms with E-state index in [1.54, 1.807) is 23.1 Å². The van der Waals surface area contributed by atoms with Crippen molar-refractivity contribution < 1.29 is 37.3 Å².